The van der Waals surface area contributed by atoms with Crippen molar-refractivity contribution in [1.82, 2.24) is 14.8 Å². The topological polar surface area (TPSA) is 69.0 Å². The number of hydrogen-bond donors (Lipinski definition) is 1. The molecule has 5 aromatic rings. The smallest absolute Gasteiger partial charge is 0.295 e. The third-order valence-corrected chi connectivity index (χ3v) is 5.74. The van der Waals surface area contributed by atoms with Gasteiger partial charge in [0.05, 0.1) is 5.69 Å². The zero-order valence-corrected chi connectivity index (χ0v) is 19.6. The molecule has 35 heavy (non-hydrogen) atoms. The van der Waals surface area contributed by atoms with E-state index in [0.29, 0.717) is 28.0 Å². The van der Waals surface area contributed by atoms with Crippen LogP contribution >= 0.6 is 11.6 Å². The fourth-order valence-corrected chi connectivity index (χ4v) is 3.67. The average molecular weight is 481 g/mol. The summed E-state index contributed by atoms with van der Waals surface area (Å²) in [5, 5.41) is 7.97. The summed E-state index contributed by atoms with van der Waals surface area (Å²) in [6, 6.07) is 31.8. The van der Waals surface area contributed by atoms with E-state index in [9.17, 15) is 4.79 Å². The van der Waals surface area contributed by atoms with Gasteiger partial charge in [0, 0.05) is 16.3 Å². The zero-order chi connectivity index (χ0) is 24.2. The number of rotatable bonds is 6. The molecule has 0 bridgehead atoms. The second kappa shape index (κ2) is 9.83. The molecule has 0 spiro atoms. The van der Waals surface area contributed by atoms with Crippen molar-refractivity contribution >= 4 is 23.2 Å². The maximum absolute atomic E-state index is 13.0. The summed E-state index contributed by atoms with van der Waals surface area (Å²) in [5.41, 5.74) is 3.10. The Morgan fingerprint density at radius 3 is 2.20 bits per heavy atom. The van der Waals surface area contributed by atoms with E-state index in [0.717, 1.165) is 16.9 Å². The number of nitrogens with one attached hydrogen (secondary N) is 1. The van der Waals surface area contributed by atoms with Crippen LogP contribution in [-0.2, 0) is 0 Å². The van der Waals surface area contributed by atoms with Gasteiger partial charge >= 0.3 is 0 Å². The van der Waals surface area contributed by atoms with Gasteiger partial charge in [0.2, 0.25) is 5.82 Å². The highest BCUT2D eigenvalue weighted by molar-refractivity contribution is 6.31. The molecule has 0 saturated carbocycles. The molecule has 0 unspecified atom stereocenters. The van der Waals surface area contributed by atoms with E-state index >= 15 is 0 Å². The number of nitrogens with zero attached hydrogens (tertiary/aromatic N) is 3. The van der Waals surface area contributed by atoms with Crippen LogP contribution in [0.2, 0.25) is 5.02 Å². The fourth-order valence-electron chi connectivity index (χ4n) is 3.49. The minimum atomic E-state index is -0.420. The first-order chi connectivity index (χ1) is 17.1. The molecule has 4 aromatic carbocycles. The van der Waals surface area contributed by atoms with E-state index in [2.05, 4.69) is 15.4 Å². The fraction of sp³-hybridized carbons (Fsp3) is 0.0357. The number of carbonyl (C=O) groups excluding carboxylic acids is 1. The lowest BCUT2D eigenvalue weighted by Crippen LogP contribution is -2.14. The Morgan fingerprint density at radius 1 is 0.857 bits per heavy atom. The molecule has 6 nitrogen and oxygen atoms in total. The van der Waals surface area contributed by atoms with Crippen LogP contribution < -0.4 is 10.1 Å². The molecular weight excluding hydrogens is 460 g/mol. The Hall–Kier alpha value is -4.42. The molecule has 1 N–H and O–H groups in total. The average Bonchev–Trinajstić information content (AvgIpc) is 3.34. The normalized spacial score (nSPS) is 10.7. The van der Waals surface area contributed by atoms with Crippen molar-refractivity contribution in [1.29, 1.82) is 0 Å². The predicted molar refractivity (Wildman–Crippen MR) is 137 cm³/mol. The number of amides is 1. The van der Waals surface area contributed by atoms with Gasteiger partial charge in [0.15, 0.2) is 5.82 Å². The third kappa shape index (κ3) is 5.08. The van der Waals surface area contributed by atoms with Crippen LogP contribution in [0.25, 0.3) is 17.1 Å². The summed E-state index contributed by atoms with van der Waals surface area (Å²) in [5.74, 6) is 1.58. The van der Waals surface area contributed by atoms with E-state index in [1.807, 2.05) is 85.8 Å². The van der Waals surface area contributed by atoms with Gasteiger partial charge in [0.1, 0.15) is 11.5 Å². The molecule has 5 rings (SSSR count). The number of para-hydroxylation sites is 1. The minimum absolute atomic E-state index is 0.0464. The highest BCUT2D eigenvalue weighted by atomic mass is 35.5. The Labute approximate surface area is 207 Å². The lowest BCUT2D eigenvalue weighted by molar-refractivity contribution is 0.101. The Balaban J connectivity index is 1.41. The second-order valence-corrected chi connectivity index (χ2v) is 8.27. The van der Waals surface area contributed by atoms with Gasteiger partial charge in [-0.15, -0.1) is 5.10 Å². The molecule has 0 radical (unpaired) electrons. The molecule has 7 heteroatoms. The molecule has 0 aliphatic carbocycles. The lowest BCUT2D eigenvalue weighted by Gasteiger charge is -2.07. The molecule has 0 saturated heterocycles. The SMILES string of the molecule is Cc1ccc(-n2nc(C(=O)Nc3ccc(Oc4ccccc4)cc3)nc2-c2ccccc2)cc1Cl. The standard InChI is InChI=1S/C28H21ClN4O2/c1-19-12-15-22(18-25(19)29)33-27(20-8-4-2-5-9-20)31-26(32-33)28(34)30-21-13-16-24(17-14-21)35-23-10-6-3-7-11-23/h2-18H,1H3,(H,30,34). The quantitative estimate of drug-likeness (QED) is 0.286. The van der Waals surface area contributed by atoms with Gasteiger partial charge in [-0.05, 0) is 61.0 Å². The van der Waals surface area contributed by atoms with Gasteiger partial charge in [-0.1, -0.05) is 66.2 Å². The Morgan fingerprint density at radius 2 is 1.51 bits per heavy atom. The van der Waals surface area contributed by atoms with E-state index in [1.54, 1.807) is 28.9 Å². The van der Waals surface area contributed by atoms with E-state index in [4.69, 9.17) is 16.3 Å². The van der Waals surface area contributed by atoms with Gasteiger partial charge in [-0.2, -0.15) is 0 Å². The first-order valence-corrected chi connectivity index (χ1v) is 11.4. The van der Waals surface area contributed by atoms with Crippen molar-refractivity contribution in [3.8, 4) is 28.6 Å². The summed E-state index contributed by atoms with van der Waals surface area (Å²) in [7, 11) is 0. The maximum Gasteiger partial charge on any atom is 0.295 e. The first kappa shape index (κ1) is 22.4. The molecule has 1 amide bonds. The van der Waals surface area contributed by atoms with Crippen molar-refractivity contribution < 1.29 is 9.53 Å². The number of halogens is 1. The number of carbonyl (C=O) groups is 1. The molecule has 1 aromatic heterocycles. The minimum Gasteiger partial charge on any atom is -0.457 e. The van der Waals surface area contributed by atoms with Crippen molar-refractivity contribution in [2.24, 2.45) is 0 Å². The van der Waals surface area contributed by atoms with Crippen molar-refractivity contribution in [2.75, 3.05) is 5.32 Å². The first-order valence-electron chi connectivity index (χ1n) is 11.0. The summed E-state index contributed by atoms with van der Waals surface area (Å²) in [6.07, 6.45) is 0. The van der Waals surface area contributed by atoms with Crippen LogP contribution in [-0.4, -0.2) is 20.7 Å². The summed E-state index contributed by atoms with van der Waals surface area (Å²) < 4.78 is 7.44. The lowest BCUT2D eigenvalue weighted by atomic mass is 10.2. The predicted octanol–water partition coefficient (Wildman–Crippen LogP) is 6.94. The highest BCUT2D eigenvalue weighted by Gasteiger charge is 2.19. The van der Waals surface area contributed by atoms with Crippen LogP contribution in [0, 0.1) is 6.92 Å². The van der Waals surface area contributed by atoms with Gasteiger partial charge in [0.25, 0.3) is 5.91 Å². The number of anilines is 1. The van der Waals surface area contributed by atoms with Crippen LogP contribution in [0.3, 0.4) is 0 Å². The molecule has 0 aliphatic heterocycles. The van der Waals surface area contributed by atoms with Gasteiger partial charge in [-0.25, -0.2) is 9.67 Å². The largest absolute Gasteiger partial charge is 0.457 e. The Kier molecular flexibility index (Phi) is 6.28. The molecule has 0 fully saturated rings. The van der Waals surface area contributed by atoms with Gasteiger partial charge < -0.3 is 10.1 Å². The van der Waals surface area contributed by atoms with Crippen molar-refractivity contribution in [3.63, 3.8) is 0 Å². The van der Waals surface area contributed by atoms with Crippen LogP contribution in [0.4, 0.5) is 5.69 Å². The zero-order valence-electron chi connectivity index (χ0n) is 18.9. The summed E-state index contributed by atoms with van der Waals surface area (Å²) in [6.45, 7) is 1.93. The monoisotopic (exact) mass is 480 g/mol. The maximum atomic E-state index is 13.0. The number of aromatic nitrogens is 3. The van der Waals surface area contributed by atoms with E-state index in [-0.39, 0.29) is 5.82 Å². The molecule has 172 valence electrons. The van der Waals surface area contributed by atoms with Crippen LogP contribution in [0.15, 0.2) is 103 Å². The molecular formula is C28H21ClN4O2. The van der Waals surface area contributed by atoms with E-state index in [1.165, 1.54) is 0 Å². The van der Waals surface area contributed by atoms with Crippen molar-refractivity contribution in [3.05, 3.63) is 120 Å². The number of hydrogen-bond acceptors (Lipinski definition) is 4. The van der Waals surface area contributed by atoms with Crippen LogP contribution in [0.1, 0.15) is 16.2 Å². The number of benzene rings is 4. The summed E-state index contributed by atoms with van der Waals surface area (Å²) >= 11 is 6.35. The van der Waals surface area contributed by atoms with Crippen molar-refractivity contribution in [2.45, 2.75) is 6.92 Å². The summed E-state index contributed by atoms with van der Waals surface area (Å²) in [4.78, 5) is 17.6. The molecule has 0 aliphatic rings. The van der Waals surface area contributed by atoms with Crippen LogP contribution in [0.5, 0.6) is 11.5 Å². The highest BCUT2D eigenvalue weighted by Crippen LogP contribution is 2.26. The molecule has 0 atom stereocenters. The van der Waals surface area contributed by atoms with Gasteiger partial charge in [-0.3, -0.25) is 4.79 Å². The van der Waals surface area contributed by atoms with E-state index < -0.39 is 5.91 Å². The Bertz CT molecular complexity index is 1470. The third-order valence-electron chi connectivity index (χ3n) is 5.33. The second-order valence-electron chi connectivity index (χ2n) is 7.86. The molecule has 1 heterocycles. The number of aryl methyl sites for hydroxylation is 1. The number of ether oxygens (including phenoxy) is 1.